The quantitative estimate of drug-likeness (QED) is 0.480. The first-order valence-electron chi connectivity index (χ1n) is 8.12. The standard InChI is InChI=1S/C15H32N4O2S/c1-6-16-15(18-12(2)9-10-22(5,20)21)17-11-14(19(3)4)13-7-8-13/h12-14H,6-11H2,1-5H3,(H2,16,17,18). The van der Waals surface area contributed by atoms with E-state index in [1.807, 2.05) is 13.8 Å². The summed E-state index contributed by atoms with van der Waals surface area (Å²) in [5, 5.41) is 6.54. The molecule has 0 amide bonds. The van der Waals surface area contributed by atoms with Gasteiger partial charge in [0.15, 0.2) is 5.96 Å². The van der Waals surface area contributed by atoms with Crippen LogP contribution in [0.3, 0.4) is 0 Å². The Kier molecular flexibility index (Phi) is 7.62. The molecule has 0 radical (unpaired) electrons. The van der Waals surface area contributed by atoms with Crippen molar-refractivity contribution in [2.75, 3.05) is 39.2 Å². The molecule has 0 saturated heterocycles. The number of likely N-dealkylation sites (N-methyl/N-ethyl adjacent to an activating group) is 1. The van der Waals surface area contributed by atoms with E-state index in [0.717, 1.165) is 25.0 Å². The van der Waals surface area contributed by atoms with Crippen molar-refractivity contribution in [1.82, 2.24) is 15.5 Å². The van der Waals surface area contributed by atoms with Gasteiger partial charge in [0.25, 0.3) is 0 Å². The highest BCUT2D eigenvalue weighted by atomic mass is 32.2. The van der Waals surface area contributed by atoms with Crippen LogP contribution < -0.4 is 10.6 Å². The Morgan fingerprint density at radius 3 is 2.45 bits per heavy atom. The normalized spacial score (nSPS) is 19.1. The Balaban J connectivity index is 2.53. The molecule has 1 rings (SSSR count). The Bertz CT molecular complexity index is 456. The molecule has 2 N–H and O–H groups in total. The second-order valence-electron chi connectivity index (χ2n) is 6.55. The van der Waals surface area contributed by atoms with E-state index in [4.69, 9.17) is 0 Å². The lowest BCUT2D eigenvalue weighted by atomic mass is 10.2. The summed E-state index contributed by atoms with van der Waals surface area (Å²) in [6, 6.07) is 0.563. The third-order valence-corrected chi connectivity index (χ3v) is 4.89. The fraction of sp³-hybridized carbons (Fsp3) is 0.933. The van der Waals surface area contributed by atoms with Gasteiger partial charge in [-0.3, -0.25) is 4.99 Å². The molecule has 0 aromatic heterocycles. The average molecular weight is 333 g/mol. The molecule has 1 saturated carbocycles. The molecule has 0 heterocycles. The van der Waals surface area contributed by atoms with Gasteiger partial charge >= 0.3 is 0 Å². The summed E-state index contributed by atoms with van der Waals surface area (Å²) in [4.78, 5) is 6.93. The van der Waals surface area contributed by atoms with E-state index >= 15 is 0 Å². The lowest BCUT2D eigenvalue weighted by molar-refractivity contribution is 0.271. The molecule has 0 aromatic rings. The van der Waals surface area contributed by atoms with Crippen molar-refractivity contribution < 1.29 is 8.42 Å². The van der Waals surface area contributed by atoms with E-state index in [-0.39, 0.29) is 11.8 Å². The smallest absolute Gasteiger partial charge is 0.191 e. The highest BCUT2D eigenvalue weighted by Crippen LogP contribution is 2.34. The molecule has 0 aromatic carbocycles. The van der Waals surface area contributed by atoms with E-state index in [1.54, 1.807) is 0 Å². The molecule has 22 heavy (non-hydrogen) atoms. The van der Waals surface area contributed by atoms with Gasteiger partial charge < -0.3 is 15.5 Å². The number of hydrogen-bond acceptors (Lipinski definition) is 4. The van der Waals surface area contributed by atoms with E-state index in [2.05, 4.69) is 34.6 Å². The van der Waals surface area contributed by atoms with Gasteiger partial charge in [-0.25, -0.2) is 8.42 Å². The SMILES string of the molecule is CCNC(=NCC(C1CC1)N(C)C)NC(C)CCS(C)(=O)=O. The fourth-order valence-electron chi connectivity index (χ4n) is 2.42. The molecule has 2 unspecified atom stereocenters. The molecular formula is C15H32N4O2S. The molecule has 1 fully saturated rings. The van der Waals surface area contributed by atoms with Crippen molar-refractivity contribution in [3.8, 4) is 0 Å². The zero-order valence-corrected chi connectivity index (χ0v) is 15.4. The van der Waals surface area contributed by atoms with Crippen LogP contribution in [0.15, 0.2) is 4.99 Å². The molecule has 6 nitrogen and oxygen atoms in total. The topological polar surface area (TPSA) is 73.8 Å². The zero-order valence-electron chi connectivity index (χ0n) is 14.6. The number of hydrogen-bond donors (Lipinski definition) is 2. The van der Waals surface area contributed by atoms with Crippen molar-refractivity contribution in [3.05, 3.63) is 0 Å². The summed E-state index contributed by atoms with van der Waals surface area (Å²) in [6.45, 7) is 5.58. The van der Waals surface area contributed by atoms with E-state index in [9.17, 15) is 8.42 Å². The van der Waals surface area contributed by atoms with Crippen LogP contribution in [-0.2, 0) is 9.84 Å². The van der Waals surface area contributed by atoms with Crippen LogP contribution in [-0.4, -0.2) is 70.6 Å². The van der Waals surface area contributed by atoms with Crippen LogP contribution in [0.4, 0.5) is 0 Å². The molecule has 0 aliphatic heterocycles. The third-order valence-electron chi connectivity index (χ3n) is 3.91. The highest BCUT2D eigenvalue weighted by Gasteiger charge is 2.32. The molecule has 1 aliphatic rings. The lowest BCUT2D eigenvalue weighted by Gasteiger charge is -2.23. The van der Waals surface area contributed by atoms with Gasteiger partial charge in [0.1, 0.15) is 9.84 Å². The number of nitrogens with one attached hydrogen (secondary N) is 2. The van der Waals surface area contributed by atoms with Crippen molar-refractivity contribution in [3.63, 3.8) is 0 Å². The first-order valence-corrected chi connectivity index (χ1v) is 10.2. The van der Waals surface area contributed by atoms with Crippen molar-refractivity contribution >= 4 is 15.8 Å². The predicted octanol–water partition coefficient (Wildman–Crippen LogP) is 0.705. The second-order valence-corrected chi connectivity index (χ2v) is 8.81. The van der Waals surface area contributed by atoms with Gasteiger partial charge in [-0.2, -0.15) is 0 Å². The van der Waals surface area contributed by atoms with Gasteiger partial charge in [0.2, 0.25) is 0 Å². The molecule has 130 valence electrons. The minimum atomic E-state index is -2.91. The Hall–Kier alpha value is -0.820. The van der Waals surface area contributed by atoms with Gasteiger partial charge in [-0.1, -0.05) is 0 Å². The average Bonchev–Trinajstić information content (AvgIpc) is 3.20. The summed E-state index contributed by atoms with van der Waals surface area (Å²) in [6.07, 6.45) is 4.46. The van der Waals surface area contributed by atoms with Crippen molar-refractivity contribution in [1.29, 1.82) is 0 Å². The Labute approximate surface area is 135 Å². The molecule has 0 bridgehead atoms. The van der Waals surface area contributed by atoms with Crippen LogP contribution >= 0.6 is 0 Å². The predicted molar refractivity (Wildman–Crippen MR) is 93.1 cm³/mol. The fourth-order valence-corrected chi connectivity index (χ4v) is 3.20. The van der Waals surface area contributed by atoms with Crippen molar-refractivity contribution in [2.24, 2.45) is 10.9 Å². The van der Waals surface area contributed by atoms with Crippen LogP contribution in [0.2, 0.25) is 0 Å². The van der Waals surface area contributed by atoms with Gasteiger partial charge in [-0.15, -0.1) is 0 Å². The number of guanidine groups is 1. The monoisotopic (exact) mass is 332 g/mol. The first-order chi connectivity index (χ1) is 10.2. The van der Waals surface area contributed by atoms with Crippen LogP contribution in [0.5, 0.6) is 0 Å². The van der Waals surface area contributed by atoms with Crippen LogP contribution in [0.25, 0.3) is 0 Å². The van der Waals surface area contributed by atoms with E-state index in [1.165, 1.54) is 19.1 Å². The molecular weight excluding hydrogens is 300 g/mol. The van der Waals surface area contributed by atoms with Gasteiger partial charge in [0, 0.05) is 24.9 Å². The minimum absolute atomic E-state index is 0.0752. The van der Waals surface area contributed by atoms with Crippen molar-refractivity contribution in [2.45, 2.75) is 45.2 Å². The van der Waals surface area contributed by atoms with E-state index in [0.29, 0.717) is 12.5 Å². The Morgan fingerprint density at radius 1 is 1.36 bits per heavy atom. The summed E-state index contributed by atoms with van der Waals surface area (Å²) in [7, 11) is 1.30. The summed E-state index contributed by atoms with van der Waals surface area (Å²) >= 11 is 0. The van der Waals surface area contributed by atoms with E-state index < -0.39 is 9.84 Å². The number of rotatable bonds is 9. The second kappa shape index (κ2) is 8.72. The zero-order chi connectivity index (χ0) is 16.8. The number of sulfone groups is 1. The van der Waals surface area contributed by atoms with Gasteiger partial charge in [0.05, 0.1) is 12.3 Å². The molecule has 1 aliphatic carbocycles. The number of nitrogens with zero attached hydrogens (tertiary/aromatic N) is 2. The maximum Gasteiger partial charge on any atom is 0.191 e. The summed E-state index contributed by atoms with van der Waals surface area (Å²) in [5.41, 5.74) is 0. The van der Waals surface area contributed by atoms with Crippen LogP contribution in [0.1, 0.15) is 33.1 Å². The summed E-state index contributed by atoms with van der Waals surface area (Å²) < 4.78 is 22.5. The summed E-state index contributed by atoms with van der Waals surface area (Å²) in [5.74, 6) is 1.74. The maximum atomic E-state index is 11.2. The van der Waals surface area contributed by atoms with Crippen LogP contribution in [0, 0.1) is 5.92 Å². The minimum Gasteiger partial charge on any atom is -0.357 e. The maximum absolute atomic E-state index is 11.2. The molecule has 0 spiro atoms. The molecule has 7 heteroatoms. The Morgan fingerprint density at radius 2 is 2.00 bits per heavy atom. The first kappa shape index (κ1) is 19.2. The largest absolute Gasteiger partial charge is 0.357 e. The number of aliphatic imine (C=N–C) groups is 1. The third kappa shape index (κ3) is 7.98. The molecule has 2 atom stereocenters. The highest BCUT2D eigenvalue weighted by molar-refractivity contribution is 7.90. The van der Waals surface area contributed by atoms with Gasteiger partial charge in [-0.05, 0) is 53.1 Å². The lowest BCUT2D eigenvalue weighted by Crippen LogP contribution is -2.44.